The molecule has 0 aliphatic heterocycles. The summed E-state index contributed by atoms with van der Waals surface area (Å²) in [6.45, 7) is 11.9. The number of carbonyl (C=O) groups excluding carboxylic acids is 3. The van der Waals surface area contributed by atoms with E-state index in [2.05, 4.69) is 5.32 Å². The Morgan fingerprint density at radius 1 is 0.964 bits per heavy atom. The molecule has 0 saturated carbocycles. The van der Waals surface area contributed by atoms with Gasteiger partial charge in [0.25, 0.3) is 0 Å². The highest BCUT2D eigenvalue weighted by molar-refractivity contribution is 5.92. The SMILES string of the molecule is CC(C)C[C@@H](NC(=O)[C@@H](C)N(C)C(=O)[C@H](C)N(C)C(=O)OC(C)(C)C)C(=O)O. The van der Waals surface area contributed by atoms with Crippen molar-refractivity contribution < 1.29 is 29.0 Å². The molecule has 9 nitrogen and oxygen atoms in total. The summed E-state index contributed by atoms with van der Waals surface area (Å²) in [7, 11) is 2.88. The number of hydrogen-bond donors (Lipinski definition) is 2. The molecule has 0 radical (unpaired) electrons. The highest BCUT2D eigenvalue weighted by Gasteiger charge is 2.33. The molecule has 0 aromatic rings. The molecule has 28 heavy (non-hydrogen) atoms. The van der Waals surface area contributed by atoms with Crippen molar-refractivity contribution in [1.82, 2.24) is 15.1 Å². The van der Waals surface area contributed by atoms with Crippen LogP contribution >= 0.6 is 0 Å². The van der Waals surface area contributed by atoms with Crippen LogP contribution in [0.15, 0.2) is 0 Å². The van der Waals surface area contributed by atoms with Crippen LogP contribution in [0.25, 0.3) is 0 Å². The van der Waals surface area contributed by atoms with Crippen molar-refractivity contribution in [2.45, 2.75) is 78.6 Å². The quantitative estimate of drug-likeness (QED) is 0.639. The number of rotatable bonds is 8. The van der Waals surface area contributed by atoms with Gasteiger partial charge < -0.3 is 20.1 Å². The topological polar surface area (TPSA) is 116 Å². The number of amides is 3. The van der Waals surface area contributed by atoms with E-state index in [1.165, 1.54) is 32.8 Å². The molecule has 9 heteroatoms. The lowest BCUT2D eigenvalue weighted by molar-refractivity contribution is -0.145. The number of ether oxygens (including phenoxy) is 1. The summed E-state index contributed by atoms with van der Waals surface area (Å²) >= 11 is 0. The van der Waals surface area contributed by atoms with Crippen molar-refractivity contribution in [1.29, 1.82) is 0 Å². The van der Waals surface area contributed by atoms with E-state index in [-0.39, 0.29) is 12.3 Å². The Labute approximate surface area is 167 Å². The zero-order valence-electron chi connectivity index (χ0n) is 18.4. The maximum Gasteiger partial charge on any atom is 0.410 e. The fourth-order valence-electron chi connectivity index (χ4n) is 2.30. The number of likely N-dealkylation sites (N-methyl/N-ethyl adjacent to an activating group) is 2. The Morgan fingerprint density at radius 2 is 1.46 bits per heavy atom. The number of hydrogen-bond acceptors (Lipinski definition) is 5. The van der Waals surface area contributed by atoms with Crippen LogP contribution in [0.4, 0.5) is 4.79 Å². The first-order chi connectivity index (χ1) is 12.6. The second-order valence-corrected chi connectivity index (χ2v) is 8.42. The van der Waals surface area contributed by atoms with Crippen molar-refractivity contribution in [3.8, 4) is 0 Å². The summed E-state index contributed by atoms with van der Waals surface area (Å²) in [6.07, 6.45) is -0.370. The second kappa shape index (κ2) is 10.3. The Balaban J connectivity index is 5.06. The lowest BCUT2D eigenvalue weighted by atomic mass is 10.0. The van der Waals surface area contributed by atoms with Gasteiger partial charge in [-0.1, -0.05) is 13.8 Å². The van der Waals surface area contributed by atoms with Crippen molar-refractivity contribution in [2.24, 2.45) is 5.92 Å². The summed E-state index contributed by atoms with van der Waals surface area (Å²) in [6, 6.07) is -2.79. The van der Waals surface area contributed by atoms with Crippen LogP contribution in [-0.4, -0.2) is 76.6 Å². The van der Waals surface area contributed by atoms with Crippen molar-refractivity contribution in [3.63, 3.8) is 0 Å². The average molecular weight is 402 g/mol. The van der Waals surface area contributed by atoms with Crippen LogP contribution in [-0.2, 0) is 19.1 Å². The third kappa shape index (κ3) is 8.14. The molecular weight excluding hydrogens is 366 g/mol. The lowest BCUT2D eigenvalue weighted by Gasteiger charge is -2.32. The van der Waals surface area contributed by atoms with Crippen LogP contribution in [0.2, 0.25) is 0 Å². The molecular formula is C19H35N3O6. The van der Waals surface area contributed by atoms with Gasteiger partial charge in [-0.05, 0) is 47.0 Å². The molecule has 2 N–H and O–H groups in total. The van der Waals surface area contributed by atoms with Gasteiger partial charge in [-0.25, -0.2) is 9.59 Å². The van der Waals surface area contributed by atoms with Gasteiger partial charge in [-0.3, -0.25) is 14.5 Å². The molecule has 0 aliphatic carbocycles. The van der Waals surface area contributed by atoms with Gasteiger partial charge in [0.05, 0.1) is 0 Å². The maximum atomic E-state index is 12.7. The summed E-state index contributed by atoms with van der Waals surface area (Å²) in [5.41, 5.74) is -0.699. The lowest BCUT2D eigenvalue weighted by Crippen LogP contribution is -2.55. The highest BCUT2D eigenvalue weighted by atomic mass is 16.6. The fraction of sp³-hybridized carbons (Fsp3) is 0.789. The third-order valence-electron chi connectivity index (χ3n) is 4.25. The minimum Gasteiger partial charge on any atom is -0.480 e. The maximum absolute atomic E-state index is 12.7. The van der Waals surface area contributed by atoms with Crippen molar-refractivity contribution in [3.05, 3.63) is 0 Å². The van der Waals surface area contributed by atoms with E-state index in [0.29, 0.717) is 0 Å². The van der Waals surface area contributed by atoms with E-state index in [0.717, 1.165) is 4.90 Å². The molecule has 0 aromatic carbocycles. The van der Waals surface area contributed by atoms with E-state index >= 15 is 0 Å². The predicted octanol–water partition coefficient (Wildman–Crippen LogP) is 1.70. The van der Waals surface area contributed by atoms with Gasteiger partial charge in [-0.2, -0.15) is 0 Å². The number of carbonyl (C=O) groups is 4. The summed E-state index contributed by atoms with van der Waals surface area (Å²) < 4.78 is 5.25. The Bertz CT molecular complexity index is 585. The molecule has 0 fully saturated rings. The zero-order chi connectivity index (χ0) is 22.4. The van der Waals surface area contributed by atoms with E-state index in [1.807, 2.05) is 13.8 Å². The first-order valence-corrected chi connectivity index (χ1v) is 9.34. The minimum absolute atomic E-state index is 0.0820. The van der Waals surface area contributed by atoms with E-state index < -0.39 is 47.6 Å². The summed E-state index contributed by atoms with van der Waals surface area (Å²) in [5.74, 6) is -2.08. The molecule has 0 unspecified atom stereocenters. The predicted molar refractivity (Wildman–Crippen MR) is 105 cm³/mol. The van der Waals surface area contributed by atoms with Crippen LogP contribution in [0, 0.1) is 5.92 Å². The van der Waals surface area contributed by atoms with Crippen LogP contribution in [0.3, 0.4) is 0 Å². The Morgan fingerprint density at radius 3 is 1.86 bits per heavy atom. The van der Waals surface area contributed by atoms with E-state index in [1.54, 1.807) is 20.8 Å². The Hall–Kier alpha value is -2.32. The average Bonchev–Trinajstić information content (AvgIpc) is 2.55. The number of carboxylic acid groups (broad SMARTS) is 1. The number of aliphatic carboxylic acids is 1. The molecule has 0 heterocycles. The van der Waals surface area contributed by atoms with E-state index in [9.17, 15) is 24.3 Å². The second-order valence-electron chi connectivity index (χ2n) is 8.42. The van der Waals surface area contributed by atoms with Gasteiger partial charge in [0.15, 0.2) is 0 Å². The molecule has 0 bridgehead atoms. The molecule has 3 atom stereocenters. The molecule has 0 aromatic heterocycles. The summed E-state index contributed by atoms with van der Waals surface area (Å²) in [5, 5.41) is 11.7. The van der Waals surface area contributed by atoms with Gasteiger partial charge in [0, 0.05) is 14.1 Å². The normalized spacial score (nSPS) is 14.6. The molecule has 0 rings (SSSR count). The molecule has 0 saturated heterocycles. The molecule has 3 amide bonds. The van der Waals surface area contributed by atoms with Gasteiger partial charge in [0.1, 0.15) is 23.7 Å². The van der Waals surface area contributed by atoms with Crippen LogP contribution in [0.5, 0.6) is 0 Å². The summed E-state index contributed by atoms with van der Waals surface area (Å²) in [4.78, 5) is 50.9. The number of nitrogens with one attached hydrogen (secondary N) is 1. The largest absolute Gasteiger partial charge is 0.480 e. The number of carboxylic acids is 1. The smallest absolute Gasteiger partial charge is 0.410 e. The third-order valence-corrected chi connectivity index (χ3v) is 4.25. The first kappa shape index (κ1) is 25.7. The van der Waals surface area contributed by atoms with Gasteiger partial charge in [0.2, 0.25) is 11.8 Å². The van der Waals surface area contributed by atoms with Crippen LogP contribution in [0.1, 0.15) is 54.9 Å². The highest BCUT2D eigenvalue weighted by Crippen LogP contribution is 2.13. The zero-order valence-corrected chi connectivity index (χ0v) is 18.4. The van der Waals surface area contributed by atoms with E-state index in [4.69, 9.17) is 4.74 Å². The standard InChI is InChI=1S/C19H35N3O6/c1-11(2)10-14(17(25)26)20-15(23)12(3)21(8)16(24)13(4)22(9)18(27)28-19(5,6)7/h11-14H,10H2,1-9H3,(H,20,23)(H,25,26)/t12-,13+,14-/m1/s1. The monoisotopic (exact) mass is 401 g/mol. The number of nitrogens with zero attached hydrogens (tertiary/aromatic N) is 2. The van der Waals surface area contributed by atoms with Gasteiger partial charge >= 0.3 is 12.1 Å². The van der Waals surface area contributed by atoms with Gasteiger partial charge in [-0.15, -0.1) is 0 Å². The van der Waals surface area contributed by atoms with Crippen molar-refractivity contribution in [2.75, 3.05) is 14.1 Å². The van der Waals surface area contributed by atoms with Crippen molar-refractivity contribution >= 4 is 23.9 Å². The molecule has 162 valence electrons. The first-order valence-electron chi connectivity index (χ1n) is 9.34. The Kier molecular flexibility index (Phi) is 9.43. The molecule has 0 aliphatic rings. The fourth-order valence-corrected chi connectivity index (χ4v) is 2.30. The molecule has 0 spiro atoms. The minimum atomic E-state index is -1.12. The van der Waals surface area contributed by atoms with Crippen LogP contribution < -0.4 is 5.32 Å².